The van der Waals surface area contributed by atoms with Crippen LogP contribution in [0.3, 0.4) is 0 Å². The van der Waals surface area contributed by atoms with Crippen LogP contribution in [0, 0.1) is 0 Å². The zero-order chi connectivity index (χ0) is 20.9. The summed E-state index contributed by atoms with van der Waals surface area (Å²) in [6, 6.07) is 16.1. The second-order valence-electron chi connectivity index (χ2n) is 7.25. The van der Waals surface area contributed by atoms with Crippen LogP contribution in [0.5, 0.6) is 0 Å². The van der Waals surface area contributed by atoms with Gasteiger partial charge in [-0.2, -0.15) is 0 Å². The fourth-order valence-corrected chi connectivity index (χ4v) is 3.79. The van der Waals surface area contributed by atoms with E-state index >= 15 is 0 Å². The lowest BCUT2D eigenvalue weighted by molar-refractivity contribution is -0.170. The van der Waals surface area contributed by atoms with Crippen molar-refractivity contribution in [2.24, 2.45) is 0 Å². The number of hydrogen-bond donors (Lipinski definition) is 3. The van der Waals surface area contributed by atoms with Gasteiger partial charge in [-0.25, -0.2) is 9.86 Å². The lowest BCUT2D eigenvalue weighted by atomic mass is 9.81. The van der Waals surface area contributed by atoms with Crippen molar-refractivity contribution in [2.45, 2.75) is 44.2 Å². The average Bonchev–Trinajstić information content (AvgIpc) is 3.04. The van der Waals surface area contributed by atoms with Crippen LogP contribution in [0.1, 0.15) is 31.7 Å². The summed E-state index contributed by atoms with van der Waals surface area (Å²) in [7, 11) is 0. The number of nitrogens with zero attached hydrogens (tertiary/aromatic N) is 1. The molecule has 1 unspecified atom stereocenters. The van der Waals surface area contributed by atoms with E-state index in [9.17, 15) is 19.6 Å². The molecule has 0 aliphatic carbocycles. The number of unbranched alkanes of at least 4 members (excludes halogenated alkanes) is 1. The number of benzene rings is 2. The van der Waals surface area contributed by atoms with Gasteiger partial charge >= 0.3 is 6.03 Å². The quantitative estimate of drug-likeness (QED) is 0.263. The van der Waals surface area contributed by atoms with Gasteiger partial charge in [0.1, 0.15) is 5.54 Å². The second-order valence-corrected chi connectivity index (χ2v) is 7.25. The van der Waals surface area contributed by atoms with Crippen molar-refractivity contribution in [1.29, 1.82) is 0 Å². The van der Waals surface area contributed by atoms with E-state index in [1.165, 1.54) is 0 Å². The summed E-state index contributed by atoms with van der Waals surface area (Å²) in [6.07, 6.45) is 2.26. The molecule has 3 N–H and O–H groups in total. The van der Waals surface area contributed by atoms with Crippen LogP contribution in [0.4, 0.5) is 4.79 Å². The zero-order valence-electron chi connectivity index (χ0n) is 16.3. The monoisotopic (exact) mass is 395 g/mol. The van der Waals surface area contributed by atoms with Gasteiger partial charge in [0, 0.05) is 0 Å². The highest BCUT2D eigenvalue weighted by Gasteiger charge is 2.53. The third kappa shape index (κ3) is 4.30. The van der Waals surface area contributed by atoms with Crippen molar-refractivity contribution in [3.8, 4) is 11.1 Å². The zero-order valence-corrected chi connectivity index (χ0v) is 16.3. The topological polar surface area (TPSA) is 98.7 Å². The summed E-state index contributed by atoms with van der Waals surface area (Å²) in [5.41, 5.74) is 1.57. The summed E-state index contributed by atoms with van der Waals surface area (Å²) in [5, 5.41) is 15.7. The van der Waals surface area contributed by atoms with E-state index < -0.39 is 23.5 Å². The Bertz CT molecular complexity index is 869. The number of urea groups is 1. The molecule has 1 fully saturated rings. The van der Waals surface area contributed by atoms with Crippen molar-refractivity contribution >= 4 is 18.3 Å². The Morgan fingerprint density at radius 2 is 1.72 bits per heavy atom. The Balaban J connectivity index is 1.89. The van der Waals surface area contributed by atoms with Gasteiger partial charge in [-0.05, 0) is 29.5 Å². The number of carbonyl (C=O) groups excluding carboxylic acids is 3. The lowest BCUT2D eigenvalue weighted by Crippen LogP contribution is -2.62. The molecule has 0 saturated carbocycles. The van der Waals surface area contributed by atoms with Crippen molar-refractivity contribution < 1.29 is 19.6 Å². The van der Waals surface area contributed by atoms with Crippen LogP contribution < -0.4 is 10.6 Å². The van der Waals surface area contributed by atoms with Crippen molar-refractivity contribution in [3.63, 3.8) is 0 Å². The molecule has 2 aromatic rings. The minimum Gasteiger partial charge on any atom is -0.321 e. The SMILES string of the molecule is CCCCC1([C@H](Cc2ccc(-c3ccccc3)cc2)N(O)C=O)NC(=O)NC1=O. The first-order valence-electron chi connectivity index (χ1n) is 9.70. The van der Waals surface area contributed by atoms with Crippen LogP contribution in [-0.2, 0) is 16.0 Å². The van der Waals surface area contributed by atoms with Crippen LogP contribution >= 0.6 is 0 Å². The molecule has 0 bridgehead atoms. The molecule has 3 rings (SSSR count). The number of amides is 4. The molecular weight excluding hydrogens is 370 g/mol. The summed E-state index contributed by atoms with van der Waals surface area (Å²) < 4.78 is 0. The highest BCUT2D eigenvalue weighted by Crippen LogP contribution is 2.29. The largest absolute Gasteiger partial charge is 0.322 e. The Kier molecular flexibility index (Phi) is 6.29. The third-order valence-corrected chi connectivity index (χ3v) is 5.38. The summed E-state index contributed by atoms with van der Waals surface area (Å²) >= 11 is 0. The van der Waals surface area contributed by atoms with Gasteiger partial charge < -0.3 is 5.32 Å². The molecule has 0 aromatic heterocycles. The molecule has 1 aliphatic rings. The van der Waals surface area contributed by atoms with Crippen LogP contribution in [0.15, 0.2) is 54.6 Å². The van der Waals surface area contributed by atoms with Gasteiger partial charge in [0.05, 0.1) is 6.04 Å². The molecule has 7 heteroatoms. The molecule has 1 saturated heterocycles. The first-order valence-corrected chi connectivity index (χ1v) is 9.70. The van der Waals surface area contributed by atoms with E-state index in [1.54, 1.807) is 0 Å². The fraction of sp³-hybridized carbons (Fsp3) is 0.318. The van der Waals surface area contributed by atoms with Crippen LogP contribution in [-0.4, -0.2) is 40.2 Å². The first kappa shape index (κ1) is 20.5. The molecule has 0 radical (unpaired) electrons. The molecule has 29 heavy (non-hydrogen) atoms. The molecule has 7 nitrogen and oxygen atoms in total. The average molecular weight is 395 g/mol. The summed E-state index contributed by atoms with van der Waals surface area (Å²) in [4.78, 5) is 35.9. The van der Waals surface area contributed by atoms with Gasteiger partial charge in [-0.15, -0.1) is 0 Å². The summed E-state index contributed by atoms with van der Waals surface area (Å²) in [5.74, 6) is -0.525. The number of hydrogen-bond acceptors (Lipinski definition) is 4. The smallest absolute Gasteiger partial charge is 0.321 e. The van der Waals surface area contributed by atoms with E-state index in [-0.39, 0.29) is 12.8 Å². The Labute approximate surface area is 169 Å². The van der Waals surface area contributed by atoms with E-state index in [2.05, 4.69) is 10.6 Å². The maximum atomic E-state index is 12.7. The number of imide groups is 1. The maximum Gasteiger partial charge on any atom is 0.322 e. The number of hydroxylamine groups is 2. The maximum absolute atomic E-state index is 12.7. The molecule has 2 atom stereocenters. The number of nitrogens with one attached hydrogen (secondary N) is 2. The lowest BCUT2D eigenvalue weighted by Gasteiger charge is -2.37. The van der Waals surface area contributed by atoms with Gasteiger partial charge in [0.15, 0.2) is 0 Å². The van der Waals surface area contributed by atoms with Gasteiger partial charge in [0.2, 0.25) is 6.41 Å². The standard InChI is InChI=1S/C22H25N3O4/c1-2-3-13-22(20(27)23-21(28)24-22)19(25(29)15-26)14-16-9-11-18(12-10-16)17-7-5-4-6-8-17/h4-12,15,19,29H,2-3,13-14H2,1H3,(H2,23,24,27,28)/t19-,22?/m0/s1. The number of carbonyl (C=O) groups is 3. The van der Waals surface area contributed by atoms with E-state index in [0.29, 0.717) is 17.9 Å². The van der Waals surface area contributed by atoms with Crippen molar-refractivity contribution in [3.05, 3.63) is 60.2 Å². The van der Waals surface area contributed by atoms with Crippen molar-refractivity contribution in [1.82, 2.24) is 15.7 Å². The fourth-order valence-electron chi connectivity index (χ4n) is 3.79. The minimum atomic E-state index is -1.37. The second kappa shape index (κ2) is 8.87. The Hall–Kier alpha value is -3.19. The van der Waals surface area contributed by atoms with Crippen LogP contribution in [0.2, 0.25) is 0 Å². The third-order valence-electron chi connectivity index (χ3n) is 5.38. The Morgan fingerprint density at radius 3 is 2.28 bits per heavy atom. The van der Waals surface area contributed by atoms with Crippen molar-refractivity contribution in [2.75, 3.05) is 0 Å². The molecule has 1 aliphatic heterocycles. The predicted molar refractivity (Wildman–Crippen MR) is 108 cm³/mol. The van der Waals surface area contributed by atoms with Gasteiger partial charge in [-0.1, -0.05) is 74.4 Å². The molecule has 2 aromatic carbocycles. The highest BCUT2D eigenvalue weighted by molar-refractivity contribution is 6.07. The van der Waals surface area contributed by atoms with Gasteiger partial charge in [-0.3, -0.25) is 20.1 Å². The van der Waals surface area contributed by atoms with E-state index in [0.717, 1.165) is 23.1 Å². The number of rotatable bonds is 9. The van der Waals surface area contributed by atoms with E-state index in [4.69, 9.17) is 0 Å². The van der Waals surface area contributed by atoms with Crippen LogP contribution in [0.25, 0.3) is 11.1 Å². The molecular formula is C22H25N3O4. The van der Waals surface area contributed by atoms with E-state index in [1.807, 2.05) is 61.5 Å². The summed E-state index contributed by atoms with van der Waals surface area (Å²) in [6.45, 7) is 1.97. The van der Waals surface area contributed by atoms with Gasteiger partial charge in [0.25, 0.3) is 5.91 Å². The normalized spacial score (nSPS) is 19.4. The predicted octanol–water partition coefficient (Wildman–Crippen LogP) is 2.88. The molecule has 4 amide bonds. The highest BCUT2D eigenvalue weighted by atomic mass is 16.5. The minimum absolute atomic E-state index is 0.210. The Morgan fingerprint density at radius 1 is 1.07 bits per heavy atom. The molecule has 1 heterocycles. The first-order chi connectivity index (χ1) is 14.0. The molecule has 152 valence electrons. The molecule has 0 spiro atoms.